The largest absolute Gasteiger partial charge is 0.444 e. The lowest BCUT2D eigenvalue weighted by molar-refractivity contribution is 0.146. The number of aromatic nitrogens is 1. The van der Waals surface area contributed by atoms with Crippen molar-refractivity contribution in [3.05, 3.63) is 17.3 Å². The van der Waals surface area contributed by atoms with Gasteiger partial charge < -0.3 is 9.73 Å². The molecule has 0 aromatic carbocycles. The summed E-state index contributed by atoms with van der Waals surface area (Å²) in [7, 11) is 0. The Kier molecular flexibility index (Phi) is 3.81. The number of nitrogens with one attached hydrogen (secondary N) is 1. The van der Waals surface area contributed by atoms with Crippen LogP contribution in [-0.4, -0.2) is 11.0 Å². The molecule has 1 saturated carbocycles. The van der Waals surface area contributed by atoms with Crippen LogP contribution in [0.25, 0.3) is 0 Å². The normalized spacial score (nSPS) is 27.4. The Bertz CT molecular complexity index is 389. The van der Waals surface area contributed by atoms with Gasteiger partial charge >= 0.3 is 0 Å². The summed E-state index contributed by atoms with van der Waals surface area (Å²) >= 11 is 0. The van der Waals surface area contributed by atoms with E-state index in [1.165, 1.54) is 19.3 Å². The number of rotatable bonds is 3. The highest BCUT2D eigenvalue weighted by atomic mass is 16.4. The van der Waals surface area contributed by atoms with Crippen LogP contribution in [-0.2, 0) is 6.54 Å². The average Bonchev–Trinajstić information content (AvgIpc) is 2.56. The second-order valence-electron chi connectivity index (χ2n) is 6.62. The number of aryl methyl sites for hydroxylation is 2. The summed E-state index contributed by atoms with van der Waals surface area (Å²) in [4.78, 5) is 4.42. The summed E-state index contributed by atoms with van der Waals surface area (Å²) in [6.07, 6.45) is 3.86. The monoisotopic (exact) mass is 250 g/mol. The predicted molar refractivity (Wildman–Crippen MR) is 73.4 cm³/mol. The Labute approximate surface area is 110 Å². The van der Waals surface area contributed by atoms with Crippen molar-refractivity contribution in [2.45, 2.75) is 66.5 Å². The van der Waals surface area contributed by atoms with Crippen LogP contribution in [0.3, 0.4) is 0 Å². The van der Waals surface area contributed by atoms with Crippen LogP contribution < -0.4 is 5.32 Å². The summed E-state index contributed by atoms with van der Waals surface area (Å²) in [5.74, 6) is 2.48. The van der Waals surface area contributed by atoms with Crippen LogP contribution in [0.15, 0.2) is 4.42 Å². The first-order valence-corrected chi connectivity index (χ1v) is 7.04. The minimum atomic E-state index is 0.508. The topological polar surface area (TPSA) is 38.1 Å². The van der Waals surface area contributed by atoms with E-state index in [0.717, 1.165) is 29.8 Å². The van der Waals surface area contributed by atoms with Gasteiger partial charge in [-0.15, -0.1) is 0 Å². The maximum Gasteiger partial charge on any atom is 0.208 e. The zero-order valence-corrected chi connectivity index (χ0v) is 12.3. The smallest absolute Gasteiger partial charge is 0.208 e. The van der Waals surface area contributed by atoms with E-state index in [0.29, 0.717) is 11.5 Å². The molecule has 1 aromatic rings. The highest BCUT2D eigenvalue weighted by Gasteiger charge is 2.32. The molecule has 1 aliphatic carbocycles. The van der Waals surface area contributed by atoms with Gasteiger partial charge in [0.25, 0.3) is 0 Å². The van der Waals surface area contributed by atoms with Gasteiger partial charge in [-0.25, -0.2) is 4.98 Å². The number of hydrogen-bond acceptors (Lipinski definition) is 3. The summed E-state index contributed by atoms with van der Waals surface area (Å²) in [6.45, 7) is 11.8. The maximum atomic E-state index is 5.61. The Morgan fingerprint density at radius 3 is 2.67 bits per heavy atom. The molecule has 2 atom stereocenters. The van der Waals surface area contributed by atoms with Crippen LogP contribution in [0, 0.1) is 25.2 Å². The number of oxazole rings is 1. The average molecular weight is 250 g/mol. The van der Waals surface area contributed by atoms with Gasteiger partial charge in [-0.3, -0.25) is 0 Å². The van der Waals surface area contributed by atoms with Crippen molar-refractivity contribution < 1.29 is 4.42 Å². The zero-order chi connectivity index (χ0) is 13.3. The molecule has 0 saturated heterocycles. The van der Waals surface area contributed by atoms with Crippen molar-refractivity contribution in [3.63, 3.8) is 0 Å². The van der Waals surface area contributed by atoms with Crippen LogP contribution in [0.1, 0.15) is 57.4 Å². The van der Waals surface area contributed by atoms with Gasteiger partial charge in [0, 0.05) is 6.04 Å². The molecular weight excluding hydrogens is 224 g/mol. The quantitative estimate of drug-likeness (QED) is 0.890. The van der Waals surface area contributed by atoms with Crippen molar-refractivity contribution in [2.24, 2.45) is 11.3 Å². The van der Waals surface area contributed by atoms with Crippen LogP contribution in [0.2, 0.25) is 0 Å². The summed E-state index contributed by atoms with van der Waals surface area (Å²) in [6, 6.07) is 0.602. The second kappa shape index (κ2) is 5.04. The summed E-state index contributed by atoms with van der Waals surface area (Å²) < 4.78 is 5.61. The van der Waals surface area contributed by atoms with E-state index in [9.17, 15) is 0 Å². The molecule has 0 aliphatic heterocycles. The molecule has 0 amide bonds. The van der Waals surface area contributed by atoms with Gasteiger partial charge in [0.2, 0.25) is 5.89 Å². The van der Waals surface area contributed by atoms with Crippen molar-refractivity contribution in [1.29, 1.82) is 0 Å². The zero-order valence-electron chi connectivity index (χ0n) is 12.3. The lowest BCUT2D eigenvalue weighted by atomic mass is 9.70. The Balaban J connectivity index is 1.87. The van der Waals surface area contributed by atoms with E-state index in [4.69, 9.17) is 4.42 Å². The molecule has 0 spiro atoms. The van der Waals surface area contributed by atoms with E-state index in [-0.39, 0.29) is 0 Å². The minimum Gasteiger partial charge on any atom is -0.444 e. The molecule has 1 N–H and O–H groups in total. The van der Waals surface area contributed by atoms with E-state index in [1.807, 2.05) is 13.8 Å². The fourth-order valence-corrected chi connectivity index (χ4v) is 3.08. The molecule has 2 rings (SSSR count). The Hall–Kier alpha value is -0.830. The SMILES string of the molecule is Cc1nc(CNC2CCC(C)(C)CC2C)oc1C. The molecular formula is C15H26N2O. The lowest BCUT2D eigenvalue weighted by Crippen LogP contribution is -2.41. The first-order valence-electron chi connectivity index (χ1n) is 7.04. The van der Waals surface area contributed by atoms with Crippen molar-refractivity contribution in [2.75, 3.05) is 0 Å². The lowest BCUT2D eigenvalue weighted by Gasteiger charge is -2.39. The molecule has 1 fully saturated rings. The van der Waals surface area contributed by atoms with E-state index >= 15 is 0 Å². The van der Waals surface area contributed by atoms with Gasteiger partial charge in [0.15, 0.2) is 0 Å². The highest BCUT2D eigenvalue weighted by Crippen LogP contribution is 2.38. The molecule has 2 unspecified atom stereocenters. The maximum absolute atomic E-state index is 5.61. The predicted octanol–water partition coefficient (Wildman–Crippen LogP) is 3.60. The van der Waals surface area contributed by atoms with Crippen molar-refractivity contribution in [1.82, 2.24) is 10.3 Å². The van der Waals surface area contributed by atoms with Crippen LogP contribution in [0.5, 0.6) is 0 Å². The Morgan fingerprint density at radius 2 is 2.11 bits per heavy atom. The summed E-state index contributed by atoms with van der Waals surface area (Å²) in [5.41, 5.74) is 1.51. The molecule has 0 radical (unpaired) electrons. The molecule has 18 heavy (non-hydrogen) atoms. The standard InChI is InChI=1S/C15H26N2O/c1-10-8-15(4,5)7-6-13(10)16-9-14-17-11(2)12(3)18-14/h10,13,16H,6-9H2,1-5H3. The van der Waals surface area contributed by atoms with Gasteiger partial charge in [0.1, 0.15) is 5.76 Å². The third-order valence-corrected chi connectivity index (χ3v) is 4.28. The third-order valence-electron chi connectivity index (χ3n) is 4.28. The number of hydrogen-bond donors (Lipinski definition) is 1. The van der Waals surface area contributed by atoms with Crippen LogP contribution >= 0.6 is 0 Å². The fraction of sp³-hybridized carbons (Fsp3) is 0.800. The molecule has 3 nitrogen and oxygen atoms in total. The second-order valence-corrected chi connectivity index (χ2v) is 6.62. The van der Waals surface area contributed by atoms with Crippen molar-refractivity contribution >= 4 is 0 Å². The molecule has 1 aliphatic rings. The molecule has 1 heterocycles. The van der Waals surface area contributed by atoms with E-state index < -0.39 is 0 Å². The van der Waals surface area contributed by atoms with Crippen molar-refractivity contribution in [3.8, 4) is 0 Å². The van der Waals surface area contributed by atoms with E-state index in [2.05, 4.69) is 31.1 Å². The first-order chi connectivity index (χ1) is 8.37. The van der Waals surface area contributed by atoms with Gasteiger partial charge in [-0.2, -0.15) is 0 Å². The Morgan fingerprint density at radius 1 is 1.39 bits per heavy atom. The third kappa shape index (κ3) is 3.14. The molecule has 102 valence electrons. The van der Waals surface area contributed by atoms with Gasteiger partial charge in [0.05, 0.1) is 12.2 Å². The molecule has 0 bridgehead atoms. The molecule has 1 aromatic heterocycles. The van der Waals surface area contributed by atoms with E-state index in [1.54, 1.807) is 0 Å². The summed E-state index contributed by atoms with van der Waals surface area (Å²) in [5, 5.41) is 3.61. The minimum absolute atomic E-state index is 0.508. The van der Waals surface area contributed by atoms with Gasteiger partial charge in [-0.05, 0) is 44.4 Å². The fourth-order valence-electron chi connectivity index (χ4n) is 3.08. The first kappa shape index (κ1) is 13.6. The van der Waals surface area contributed by atoms with Gasteiger partial charge in [-0.1, -0.05) is 20.8 Å². The molecule has 3 heteroatoms. The highest BCUT2D eigenvalue weighted by molar-refractivity contribution is 5.05. The number of nitrogens with zero attached hydrogens (tertiary/aromatic N) is 1. The van der Waals surface area contributed by atoms with Crippen LogP contribution in [0.4, 0.5) is 0 Å².